The first kappa shape index (κ1) is 12.4. The topological polar surface area (TPSA) is 81.1 Å². The summed E-state index contributed by atoms with van der Waals surface area (Å²) in [4.78, 5) is 12.2. The molecule has 1 heterocycles. The van der Waals surface area contributed by atoms with Crippen LogP contribution in [0.15, 0.2) is 34.3 Å². The van der Waals surface area contributed by atoms with E-state index in [9.17, 15) is 9.18 Å². The number of halogens is 1. The molecule has 0 unspecified atom stereocenters. The standard InChI is InChI=1S/C11H10FN3O2S/c1-15-5-6(4-14-15)18-8-3-2-7(12)10(13)9(8)11(16)17/h2-5H,13H2,1H3,(H,16,17). The molecule has 0 aliphatic rings. The second-order valence-corrected chi connectivity index (χ2v) is 4.71. The summed E-state index contributed by atoms with van der Waals surface area (Å²) in [6, 6.07) is 2.55. The number of nitrogens with zero attached hydrogens (tertiary/aromatic N) is 2. The van der Waals surface area contributed by atoms with E-state index < -0.39 is 11.8 Å². The quantitative estimate of drug-likeness (QED) is 0.831. The molecule has 0 amide bonds. The lowest BCUT2D eigenvalue weighted by atomic mass is 10.2. The minimum absolute atomic E-state index is 0.219. The van der Waals surface area contributed by atoms with Gasteiger partial charge in [-0.25, -0.2) is 9.18 Å². The van der Waals surface area contributed by atoms with Crippen LogP contribution in [-0.2, 0) is 7.05 Å². The number of nitrogens with two attached hydrogens (primary N) is 1. The van der Waals surface area contributed by atoms with Crippen LogP contribution in [-0.4, -0.2) is 20.9 Å². The van der Waals surface area contributed by atoms with Gasteiger partial charge in [-0.2, -0.15) is 5.10 Å². The molecule has 0 aliphatic carbocycles. The number of rotatable bonds is 3. The fourth-order valence-electron chi connectivity index (χ4n) is 1.46. The van der Waals surface area contributed by atoms with Gasteiger partial charge in [-0.1, -0.05) is 11.8 Å². The Balaban J connectivity index is 2.44. The van der Waals surface area contributed by atoms with Crippen LogP contribution in [0, 0.1) is 5.82 Å². The molecule has 1 aromatic carbocycles. The number of aromatic nitrogens is 2. The Kier molecular flexibility index (Phi) is 3.24. The van der Waals surface area contributed by atoms with E-state index in [-0.39, 0.29) is 11.3 Å². The molecule has 0 saturated heterocycles. The summed E-state index contributed by atoms with van der Waals surface area (Å²) in [6.07, 6.45) is 3.33. The molecule has 1 aromatic heterocycles. The molecule has 3 N–H and O–H groups in total. The predicted octanol–water partition coefficient (Wildman–Crippen LogP) is 1.99. The molecule has 94 valence electrons. The van der Waals surface area contributed by atoms with Crippen molar-refractivity contribution in [2.75, 3.05) is 5.73 Å². The van der Waals surface area contributed by atoms with E-state index in [1.54, 1.807) is 24.1 Å². The number of nitrogen functional groups attached to an aromatic ring is 1. The van der Waals surface area contributed by atoms with E-state index in [2.05, 4.69) is 5.10 Å². The largest absolute Gasteiger partial charge is 0.478 e. The predicted molar refractivity (Wildman–Crippen MR) is 65.1 cm³/mol. The van der Waals surface area contributed by atoms with E-state index in [4.69, 9.17) is 10.8 Å². The SMILES string of the molecule is Cn1cc(Sc2ccc(F)c(N)c2C(=O)O)cn1. The van der Waals surface area contributed by atoms with Crippen molar-refractivity contribution in [2.24, 2.45) is 7.05 Å². The third-order valence-electron chi connectivity index (χ3n) is 2.28. The van der Waals surface area contributed by atoms with Gasteiger partial charge in [0, 0.05) is 18.1 Å². The molecule has 7 heteroatoms. The van der Waals surface area contributed by atoms with Crippen molar-refractivity contribution >= 4 is 23.4 Å². The fraction of sp³-hybridized carbons (Fsp3) is 0.0909. The second kappa shape index (κ2) is 4.69. The number of carbonyl (C=O) groups is 1. The normalized spacial score (nSPS) is 10.6. The van der Waals surface area contributed by atoms with Crippen LogP contribution < -0.4 is 5.73 Å². The van der Waals surface area contributed by atoms with Gasteiger partial charge in [0.15, 0.2) is 0 Å². The Morgan fingerprint density at radius 2 is 2.28 bits per heavy atom. The van der Waals surface area contributed by atoms with Gasteiger partial charge in [-0.05, 0) is 12.1 Å². The average Bonchev–Trinajstić information content (AvgIpc) is 2.69. The zero-order valence-electron chi connectivity index (χ0n) is 9.42. The van der Waals surface area contributed by atoms with Gasteiger partial charge < -0.3 is 10.8 Å². The Hall–Kier alpha value is -2.02. The first-order valence-corrected chi connectivity index (χ1v) is 5.78. The first-order chi connectivity index (χ1) is 8.49. The lowest BCUT2D eigenvalue weighted by Crippen LogP contribution is -2.06. The van der Waals surface area contributed by atoms with Crippen LogP contribution in [0.1, 0.15) is 10.4 Å². The molecule has 0 spiro atoms. The van der Waals surface area contributed by atoms with E-state index >= 15 is 0 Å². The van der Waals surface area contributed by atoms with Crippen LogP contribution in [0.5, 0.6) is 0 Å². The van der Waals surface area contributed by atoms with Crippen LogP contribution in [0.3, 0.4) is 0 Å². The number of hydrogen-bond donors (Lipinski definition) is 2. The van der Waals surface area contributed by atoms with Crippen molar-refractivity contribution in [3.63, 3.8) is 0 Å². The van der Waals surface area contributed by atoms with Gasteiger partial charge in [0.25, 0.3) is 0 Å². The molecule has 0 atom stereocenters. The Labute approximate surface area is 106 Å². The summed E-state index contributed by atoms with van der Waals surface area (Å²) < 4.78 is 14.8. The number of benzene rings is 1. The molecule has 18 heavy (non-hydrogen) atoms. The minimum Gasteiger partial charge on any atom is -0.478 e. The summed E-state index contributed by atoms with van der Waals surface area (Å²) in [6.45, 7) is 0. The number of carboxylic acids is 1. The van der Waals surface area contributed by atoms with Crippen molar-refractivity contribution in [2.45, 2.75) is 9.79 Å². The number of carboxylic acid groups (broad SMARTS) is 1. The Morgan fingerprint density at radius 3 is 2.83 bits per heavy atom. The molecule has 0 aliphatic heterocycles. The molecule has 0 saturated carbocycles. The zero-order valence-corrected chi connectivity index (χ0v) is 10.2. The smallest absolute Gasteiger partial charge is 0.339 e. The van der Waals surface area contributed by atoms with Crippen molar-refractivity contribution in [1.29, 1.82) is 0 Å². The maximum Gasteiger partial charge on any atom is 0.339 e. The highest BCUT2D eigenvalue weighted by molar-refractivity contribution is 7.99. The number of hydrogen-bond acceptors (Lipinski definition) is 4. The lowest BCUT2D eigenvalue weighted by molar-refractivity contribution is 0.0694. The van der Waals surface area contributed by atoms with E-state index in [0.29, 0.717) is 4.90 Å². The Bertz CT molecular complexity index is 612. The maximum absolute atomic E-state index is 13.2. The molecule has 2 aromatic rings. The van der Waals surface area contributed by atoms with Gasteiger partial charge in [-0.3, -0.25) is 4.68 Å². The summed E-state index contributed by atoms with van der Waals surface area (Å²) in [7, 11) is 1.75. The molecule has 2 rings (SSSR count). The molecule has 5 nitrogen and oxygen atoms in total. The third-order valence-corrected chi connectivity index (χ3v) is 3.28. The van der Waals surface area contributed by atoms with Gasteiger partial charge in [0.1, 0.15) is 5.82 Å². The molecule has 0 fully saturated rings. The number of aryl methyl sites for hydroxylation is 1. The van der Waals surface area contributed by atoms with Crippen LogP contribution in [0.25, 0.3) is 0 Å². The summed E-state index contributed by atoms with van der Waals surface area (Å²) in [5, 5.41) is 13.0. The monoisotopic (exact) mass is 267 g/mol. The summed E-state index contributed by atoms with van der Waals surface area (Å²) >= 11 is 1.18. The molecular formula is C11H10FN3O2S. The van der Waals surface area contributed by atoms with Crippen LogP contribution in [0.2, 0.25) is 0 Å². The van der Waals surface area contributed by atoms with Gasteiger partial charge in [0.2, 0.25) is 0 Å². The van der Waals surface area contributed by atoms with Gasteiger partial charge in [0.05, 0.1) is 22.3 Å². The highest BCUT2D eigenvalue weighted by Gasteiger charge is 2.18. The average molecular weight is 267 g/mol. The minimum atomic E-state index is -1.25. The third kappa shape index (κ3) is 2.30. The van der Waals surface area contributed by atoms with Crippen molar-refractivity contribution in [1.82, 2.24) is 9.78 Å². The highest BCUT2D eigenvalue weighted by atomic mass is 32.2. The second-order valence-electron chi connectivity index (χ2n) is 3.59. The van der Waals surface area contributed by atoms with Gasteiger partial charge >= 0.3 is 5.97 Å². The first-order valence-electron chi connectivity index (χ1n) is 4.97. The van der Waals surface area contributed by atoms with E-state index in [0.717, 1.165) is 11.0 Å². The van der Waals surface area contributed by atoms with Crippen molar-refractivity contribution in [3.05, 3.63) is 35.9 Å². The number of anilines is 1. The fourth-order valence-corrected chi connectivity index (χ4v) is 2.45. The van der Waals surface area contributed by atoms with Crippen molar-refractivity contribution in [3.8, 4) is 0 Å². The number of aromatic carboxylic acids is 1. The molecular weight excluding hydrogens is 257 g/mol. The van der Waals surface area contributed by atoms with E-state index in [1.807, 2.05) is 0 Å². The van der Waals surface area contributed by atoms with Crippen LogP contribution >= 0.6 is 11.8 Å². The summed E-state index contributed by atoms with van der Waals surface area (Å²) in [5.41, 5.74) is 4.88. The molecule has 0 radical (unpaired) electrons. The summed E-state index contributed by atoms with van der Waals surface area (Å²) in [5.74, 6) is -1.98. The van der Waals surface area contributed by atoms with Crippen LogP contribution in [0.4, 0.5) is 10.1 Å². The van der Waals surface area contributed by atoms with Crippen molar-refractivity contribution < 1.29 is 14.3 Å². The zero-order chi connectivity index (χ0) is 13.3. The van der Waals surface area contributed by atoms with Gasteiger partial charge in [-0.15, -0.1) is 0 Å². The molecule has 0 bridgehead atoms. The van der Waals surface area contributed by atoms with E-state index in [1.165, 1.54) is 17.8 Å². The Morgan fingerprint density at radius 1 is 1.56 bits per heavy atom. The highest BCUT2D eigenvalue weighted by Crippen LogP contribution is 2.33. The lowest BCUT2D eigenvalue weighted by Gasteiger charge is -2.07. The maximum atomic E-state index is 13.2.